The van der Waals surface area contributed by atoms with Crippen LogP contribution in [-0.2, 0) is 0 Å². The van der Waals surface area contributed by atoms with E-state index in [1.54, 1.807) is 18.2 Å². The third-order valence-corrected chi connectivity index (χ3v) is 3.01. The number of carbonyl (C=O) groups excluding carboxylic acids is 1. The molecule has 0 fully saturated rings. The first kappa shape index (κ1) is 15.8. The first-order valence-corrected chi connectivity index (χ1v) is 6.53. The van der Waals surface area contributed by atoms with E-state index >= 15 is 0 Å². The van der Waals surface area contributed by atoms with E-state index in [9.17, 15) is 9.59 Å². The van der Waals surface area contributed by atoms with Crippen LogP contribution in [0.1, 0.15) is 26.7 Å². The molecule has 20 heavy (non-hydrogen) atoms. The number of hydrogen-bond acceptors (Lipinski definition) is 3. The fourth-order valence-electron chi connectivity index (χ4n) is 1.66. The van der Waals surface area contributed by atoms with Crippen LogP contribution >= 0.6 is 0 Å². The van der Waals surface area contributed by atoms with E-state index in [-0.39, 0.29) is 6.04 Å². The summed E-state index contributed by atoms with van der Waals surface area (Å²) in [6.07, 6.45) is 0.0401. The second-order valence-corrected chi connectivity index (χ2v) is 4.39. The molecule has 6 heteroatoms. The fourth-order valence-corrected chi connectivity index (χ4v) is 1.66. The molecule has 0 aliphatic heterocycles. The Balaban J connectivity index is 2.71. The summed E-state index contributed by atoms with van der Waals surface area (Å²) >= 11 is 0. The zero-order valence-electron chi connectivity index (χ0n) is 11.9. The number of carboxylic acid groups (broad SMARTS) is 1. The number of anilines is 1. The number of carbonyl (C=O) groups is 2. The first-order valence-electron chi connectivity index (χ1n) is 6.53. The molecule has 0 saturated heterocycles. The number of amides is 2. The van der Waals surface area contributed by atoms with E-state index < -0.39 is 12.2 Å². The smallest absolute Gasteiger partial charge is 0.412 e. The van der Waals surface area contributed by atoms with Gasteiger partial charge in [0.2, 0.25) is 0 Å². The molecule has 0 heterocycles. The summed E-state index contributed by atoms with van der Waals surface area (Å²) < 4.78 is 5.15. The maximum absolute atomic E-state index is 11.7. The van der Waals surface area contributed by atoms with Crippen molar-refractivity contribution in [1.82, 2.24) is 5.32 Å². The Labute approximate surface area is 118 Å². The van der Waals surface area contributed by atoms with Crippen molar-refractivity contribution in [3.8, 4) is 5.75 Å². The fraction of sp³-hybridized carbons (Fsp3) is 0.429. The molecule has 6 nitrogen and oxygen atoms in total. The van der Waals surface area contributed by atoms with E-state index in [2.05, 4.69) is 5.32 Å². The third kappa shape index (κ3) is 4.46. The van der Waals surface area contributed by atoms with Gasteiger partial charge in [0.1, 0.15) is 5.75 Å². The quantitative estimate of drug-likeness (QED) is 0.868. The number of rotatable bonds is 5. The molecule has 1 aromatic rings. The van der Waals surface area contributed by atoms with Crippen LogP contribution in [0.15, 0.2) is 24.3 Å². The third-order valence-electron chi connectivity index (χ3n) is 3.01. The van der Waals surface area contributed by atoms with Crippen molar-refractivity contribution in [3.63, 3.8) is 0 Å². The van der Waals surface area contributed by atoms with Crippen molar-refractivity contribution < 1.29 is 19.4 Å². The minimum absolute atomic E-state index is 0.0763. The Hall–Kier alpha value is -2.24. The van der Waals surface area contributed by atoms with Crippen LogP contribution in [0.25, 0.3) is 0 Å². The summed E-state index contributed by atoms with van der Waals surface area (Å²) in [6, 6.07) is 6.44. The van der Waals surface area contributed by atoms with Gasteiger partial charge in [0, 0.05) is 19.2 Å². The molecule has 2 amide bonds. The van der Waals surface area contributed by atoms with Gasteiger partial charge < -0.3 is 15.2 Å². The van der Waals surface area contributed by atoms with Gasteiger partial charge in [-0.05, 0) is 25.0 Å². The molecular weight excluding hydrogens is 260 g/mol. The number of nitrogens with zero attached hydrogens (tertiary/aromatic N) is 1. The number of hydrogen-bond donors (Lipinski definition) is 2. The number of benzene rings is 1. The van der Waals surface area contributed by atoms with Crippen LogP contribution in [0.4, 0.5) is 15.3 Å². The maximum Gasteiger partial charge on any atom is 0.412 e. The van der Waals surface area contributed by atoms with Gasteiger partial charge in [-0.1, -0.05) is 19.9 Å². The second kappa shape index (κ2) is 7.37. The molecule has 0 radical (unpaired) electrons. The van der Waals surface area contributed by atoms with Crippen molar-refractivity contribution in [1.29, 1.82) is 0 Å². The lowest BCUT2D eigenvalue weighted by atomic mass is 10.2. The molecule has 0 unspecified atom stereocenters. The zero-order chi connectivity index (χ0) is 15.1. The molecule has 1 rings (SSSR count). The second-order valence-electron chi connectivity index (χ2n) is 4.39. The Bertz CT molecular complexity index is 472. The van der Waals surface area contributed by atoms with Gasteiger partial charge in [-0.3, -0.25) is 4.90 Å². The van der Waals surface area contributed by atoms with Crippen molar-refractivity contribution >= 4 is 17.9 Å². The molecule has 110 valence electrons. The first-order chi connectivity index (χ1) is 9.47. The largest absolute Gasteiger partial charge is 0.465 e. The van der Waals surface area contributed by atoms with Crippen LogP contribution in [0.5, 0.6) is 5.75 Å². The minimum Gasteiger partial charge on any atom is -0.465 e. The van der Waals surface area contributed by atoms with E-state index in [4.69, 9.17) is 9.84 Å². The van der Waals surface area contributed by atoms with Crippen LogP contribution in [-0.4, -0.2) is 30.4 Å². The summed E-state index contributed by atoms with van der Waals surface area (Å²) in [5.74, 6) is 0.305. The van der Waals surface area contributed by atoms with Crippen LogP contribution < -0.4 is 15.0 Å². The van der Waals surface area contributed by atoms with Crippen molar-refractivity contribution in [3.05, 3.63) is 24.3 Å². The lowest BCUT2D eigenvalue weighted by Crippen LogP contribution is -2.36. The van der Waals surface area contributed by atoms with Gasteiger partial charge >= 0.3 is 12.2 Å². The Morgan fingerprint density at radius 3 is 2.55 bits per heavy atom. The molecule has 0 spiro atoms. The van der Waals surface area contributed by atoms with Gasteiger partial charge in [-0.15, -0.1) is 0 Å². The zero-order valence-corrected chi connectivity index (χ0v) is 11.9. The monoisotopic (exact) mass is 280 g/mol. The molecule has 0 aromatic heterocycles. The molecule has 0 atom stereocenters. The lowest BCUT2D eigenvalue weighted by molar-refractivity contribution is 0.195. The topological polar surface area (TPSA) is 78.9 Å². The average molecular weight is 280 g/mol. The lowest BCUT2D eigenvalue weighted by Gasteiger charge is -2.16. The highest BCUT2D eigenvalue weighted by Gasteiger charge is 2.12. The molecule has 0 bridgehead atoms. The summed E-state index contributed by atoms with van der Waals surface area (Å²) in [4.78, 5) is 23.6. The van der Waals surface area contributed by atoms with Crippen molar-refractivity contribution in [2.45, 2.75) is 32.7 Å². The van der Waals surface area contributed by atoms with Crippen molar-refractivity contribution in [2.24, 2.45) is 0 Å². The molecule has 2 N–H and O–H groups in total. The van der Waals surface area contributed by atoms with Gasteiger partial charge in [0.15, 0.2) is 0 Å². The Kier molecular flexibility index (Phi) is 5.83. The van der Waals surface area contributed by atoms with Crippen molar-refractivity contribution in [2.75, 3.05) is 11.9 Å². The van der Waals surface area contributed by atoms with E-state index in [1.807, 2.05) is 13.8 Å². The summed E-state index contributed by atoms with van der Waals surface area (Å²) in [5, 5.41) is 11.6. The molecule has 0 aliphatic carbocycles. The predicted octanol–water partition coefficient (Wildman–Crippen LogP) is 3.08. The predicted molar refractivity (Wildman–Crippen MR) is 76.4 cm³/mol. The summed E-state index contributed by atoms with van der Waals surface area (Å²) in [6.45, 7) is 3.97. The van der Waals surface area contributed by atoms with Crippen LogP contribution in [0.3, 0.4) is 0 Å². The van der Waals surface area contributed by atoms with Gasteiger partial charge in [0.05, 0.1) is 5.69 Å². The SMILES string of the molecule is CCC(CC)NC(=O)Oc1cccc(N(C)C(=O)O)c1. The van der Waals surface area contributed by atoms with Crippen LogP contribution in [0.2, 0.25) is 0 Å². The molecular formula is C14H20N2O4. The van der Waals surface area contributed by atoms with Gasteiger partial charge in [-0.25, -0.2) is 9.59 Å². The molecule has 0 aliphatic rings. The number of nitrogens with one attached hydrogen (secondary N) is 1. The highest BCUT2D eigenvalue weighted by atomic mass is 16.6. The highest BCUT2D eigenvalue weighted by molar-refractivity contribution is 5.85. The van der Waals surface area contributed by atoms with Gasteiger partial charge in [-0.2, -0.15) is 0 Å². The maximum atomic E-state index is 11.7. The normalized spacial score (nSPS) is 10.2. The standard InChI is InChI=1S/C14H20N2O4/c1-4-10(5-2)15-13(17)20-12-8-6-7-11(9-12)16(3)14(18)19/h6-10H,4-5H2,1-3H3,(H,15,17)(H,18,19). The molecule has 1 aromatic carbocycles. The number of ether oxygens (including phenoxy) is 1. The van der Waals surface area contributed by atoms with E-state index in [0.29, 0.717) is 11.4 Å². The van der Waals surface area contributed by atoms with Crippen LogP contribution in [0, 0.1) is 0 Å². The molecule has 0 saturated carbocycles. The highest BCUT2D eigenvalue weighted by Crippen LogP contribution is 2.20. The summed E-state index contributed by atoms with van der Waals surface area (Å²) in [7, 11) is 1.42. The summed E-state index contributed by atoms with van der Waals surface area (Å²) in [5.41, 5.74) is 0.435. The minimum atomic E-state index is -1.08. The average Bonchev–Trinajstić information content (AvgIpc) is 2.44. The van der Waals surface area contributed by atoms with E-state index in [1.165, 1.54) is 13.1 Å². The Morgan fingerprint density at radius 2 is 2.00 bits per heavy atom. The van der Waals surface area contributed by atoms with Gasteiger partial charge in [0.25, 0.3) is 0 Å². The Morgan fingerprint density at radius 1 is 1.35 bits per heavy atom. The van der Waals surface area contributed by atoms with E-state index in [0.717, 1.165) is 17.7 Å².